The van der Waals surface area contributed by atoms with E-state index in [0.29, 0.717) is 35.3 Å². The Labute approximate surface area is 191 Å². The third-order valence-electron chi connectivity index (χ3n) is 5.26. The van der Waals surface area contributed by atoms with Crippen LogP contribution in [0.1, 0.15) is 36.8 Å². The highest BCUT2D eigenvalue weighted by atomic mass is 35.5. The summed E-state index contributed by atoms with van der Waals surface area (Å²) in [6.45, 7) is 0.602. The van der Waals surface area contributed by atoms with E-state index in [2.05, 4.69) is 10.1 Å². The third kappa shape index (κ3) is 5.42. The molecule has 0 saturated carbocycles. The van der Waals surface area contributed by atoms with Gasteiger partial charge in [-0.15, -0.1) is 12.4 Å². The van der Waals surface area contributed by atoms with Gasteiger partial charge >= 0.3 is 0 Å². The topological polar surface area (TPSA) is 85.3 Å². The Kier molecular flexibility index (Phi) is 7.64. The first-order valence-corrected chi connectivity index (χ1v) is 10.3. The molecule has 31 heavy (non-hydrogen) atoms. The third-order valence-corrected chi connectivity index (χ3v) is 5.49. The highest BCUT2D eigenvalue weighted by Crippen LogP contribution is 2.33. The van der Waals surface area contributed by atoms with Gasteiger partial charge in [0.2, 0.25) is 17.6 Å². The molecule has 1 fully saturated rings. The maximum Gasteiger partial charge on any atom is 0.249 e. The molecule has 164 valence electrons. The van der Waals surface area contributed by atoms with E-state index in [4.69, 9.17) is 21.9 Å². The number of nitrogens with two attached hydrogens (primary N) is 1. The lowest BCUT2D eigenvalue weighted by Crippen LogP contribution is -2.36. The summed E-state index contributed by atoms with van der Waals surface area (Å²) in [6.07, 6.45) is 2.01. The number of hydrogen-bond acceptors (Lipinski definition) is 5. The summed E-state index contributed by atoms with van der Waals surface area (Å²) in [4.78, 5) is 19.1. The van der Waals surface area contributed by atoms with E-state index in [1.807, 2.05) is 12.1 Å². The van der Waals surface area contributed by atoms with Gasteiger partial charge in [-0.2, -0.15) is 4.98 Å². The Hall–Kier alpha value is -2.48. The molecule has 4 rings (SSSR count). The molecule has 1 saturated heterocycles. The molecule has 3 aromatic rings. The van der Waals surface area contributed by atoms with E-state index in [1.165, 1.54) is 6.07 Å². The SMILES string of the molecule is Cl.N[C@@H](CC(=O)N1CCC[C@H]1c1nc(-c2cccc(Cl)c2)no1)Cc1ccccc1F. The van der Waals surface area contributed by atoms with Crippen LogP contribution in [-0.4, -0.2) is 33.5 Å². The van der Waals surface area contributed by atoms with E-state index in [0.717, 1.165) is 18.4 Å². The maximum absolute atomic E-state index is 13.9. The summed E-state index contributed by atoms with van der Waals surface area (Å²) in [7, 11) is 0. The summed E-state index contributed by atoms with van der Waals surface area (Å²) >= 11 is 6.04. The monoisotopic (exact) mass is 464 g/mol. The lowest BCUT2D eigenvalue weighted by Gasteiger charge is -2.23. The molecule has 9 heteroatoms. The lowest BCUT2D eigenvalue weighted by atomic mass is 10.0. The zero-order valence-corrected chi connectivity index (χ0v) is 18.3. The van der Waals surface area contributed by atoms with Crippen LogP contribution in [-0.2, 0) is 11.2 Å². The predicted molar refractivity (Wildman–Crippen MR) is 118 cm³/mol. The number of rotatable bonds is 6. The van der Waals surface area contributed by atoms with E-state index in [-0.39, 0.29) is 36.6 Å². The molecule has 0 unspecified atom stereocenters. The maximum atomic E-state index is 13.9. The minimum absolute atomic E-state index is 0. The average molecular weight is 465 g/mol. The van der Waals surface area contributed by atoms with Crippen LogP contribution in [0.2, 0.25) is 5.02 Å². The Morgan fingerprint density at radius 2 is 2.10 bits per heavy atom. The lowest BCUT2D eigenvalue weighted by molar-refractivity contribution is -0.132. The number of carbonyl (C=O) groups is 1. The number of benzene rings is 2. The first kappa shape index (κ1) is 23.2. The molecule has 1 amide bonds. The second-order valence-electron chi connectivity index (χ2n) is 7.47. The molecule has 1 aliphatic heterocycles. The van der Waals surface area contributed by atoms with Crippen LogP contribution in [0.3, 0.4) is 0 Å². The zero-order valence-electron chi connectivity index (χ0n) is 16.7. The van der Waals surface area contributed by atoms with Gasteiger partial charge in [-0.25, -0.2) is 4.39 Å². The molecule has 0 spiro atoms. The first-order chi connectivity index (χ1) is 14.5. The Balaban J connectivity index is 0.00000272. The Morgan fingerprint density at radius 3 is 2.87 bits per heavy atom. The van der Waals surface area contributed by atoms with E-state index < -0.39 is 6.04 Å². The van der Waals surface area contributed by atoms with Crippen molar-refractivity contribution in [2.75, 3.05) is 6.54 Å². The zero-order chi connectivity index (χ0) is 21.1. The molecule has 2 N–H and O–H groups in total. The number of hydrogen-bond donors (Lipinski definition) is 1. The fourth-order valence-corrected chi connectivity index (χ4v) is 3.99. The van der Waals surface area contributed by atoms with Crippen molar-refractivity contribution in [3.8, 4) is 11.4 Å². The normalized spacial score (nSPS) is 16.7. The van der Waals surface area contributed by atoms with Crippen LogP contribution in [0.15, 0.2) is 53.1 Å². The van der Waals surface area contributed by atoms with Crippen LogP contribution in [0, 0.1) is 5.82 Å². The molecular formula is C22H23Cl2FN4O2. The van der Waals surface area contributed by atoms with E-state index in [9.17, 15) is 9.18 Å². The highest BCUT2D eigenvalue weighted by Gasteiger charge is 2.34. The molecule has 1 aromatic heterocycles. The van der Waals surface area contributed by atoms with Gasteiger partial charge in [0.1, 0.15) is 11.9 Å². The van der Waals surface area contributed by atoms with Crippen molar-refractivity contribution in [3.05, 3.63) is 70.8 Å². The quantitative estimate of drug-likeness (QED) is 0.576. The van der Waals surface area contributed by atoms with Gasteiger partial charge in [-0.05, 0) is 43.0 Å². The smallest absolute Gasteiger partial charge is 0.249 e. The van der Waals surface area contributed by atoms with Gasteiger partial charge in [0.05, 0.1) is 0 Å². The van der Waals surface area contributed by atoms with Gasteiger partial charge in [0.25, 0.3) is 0 Å². The highest BCUT2D eigenvalue weighted by molar-refractivity contribution is 6.30. The van der Waals surface area contributed by atoms with Crippen LogP contribution in [0.4, 0.5) is 4.39 Å². The summed E-state index contributed by atoms with van der Waals surface area (Å²) < 4.78 is 19.3. The van der Waals surface area contributed by atoms with E-state index in [1.54, 1.807) is 35.2 Å². The second kappa shape index (κ2) is 10.2. The largest absolute Gasteiger partial charge is 0.337 e. The summed E-state index contributed by atoms with van der Waals surface area (Å²) in [5.41, 5.74) is 7.41. The van der Waals surface area contributed by atoms with Crippen molar-refractivity contribution in [1.82, 2.24) is 15.0 Å². The summed E-state index contributed by atoms with van der Waals surface area (Å²) in [5, 5.41) is 4.63. The molecule has 2 heterocycles. The Morgan fingerprint density at radius 1 is 1.29 bits per heavy atom. The molecule has 2 atom stereocenters. The number of carbonyl (C=O) groups excluding carboxylic acids is 1. The van der Waals surface area contributed by atoms with Gasteiger partial charge in [0, 0.05) is 29.6 Å². The van der Waals surface area contributed by atoms with Crippen LogP contribution >= 0.6 is 24.0 Å². The molecule has 0 radical (unpaired) electrons. The van der Waals surface area contributed by atoms with Gasteiger partial charge < -0.3 is 15.2 Å². The fourth-order valence-electron chi connectivity index (χ4n) is 3.80. The predicted octanol–water partition coefficient (Wildman–Crippen LogP) is 4.57. The van der Waals surface area contributed by atoms with Gasteiger partial charge in [-0.3, -0.25) is 4.79 Å². The minimum atomic E-state index is -0.472. The molecule has 6 nitrogen and oxygen atoms in total. The summed E-state index contributed by atoms with van der Waals surface area (Å²) in [6, 6.07) is 12.9. The average Bonchev–Trinajstić information content (AvgIpc) is 3.39. The minimum Gasteiger partial charge on any atom is -0.337 e. The fraction of sp³-hybridized carbons (Fsp3) is 0.318. The van der Waals surface area contributed by atoms with Gasteiger partial charge in [0.15, 0.2) is 0 Å². The number of likely N-dealkylation sites (tertiary alicyclic amines) is 1. The first-order valence-electron chi connectivity index (χ1n) is 9.89. The van der Waals surface area contributed by atoms with Crippen molar-refractivity contribution in [2.45, 2.75) is 37.8 Å². The summed E-state index contributed by atoms with van der Waals surface area (Å²) in [5.74, 6) is 0.434. The van der Waals surface area contributed by atoms with Gasteiger partial charge in [-0.1, -0.05) is 47.1 Å². The number of nitrogens with zero attached hydrogens (tertiary/aromatic N) is 3. The molecule has 0 aliphatic carbocycles. The van der Waals surface area contributed by atoms with Crippen molar-refractivity contribution < 1.29 is 13.7 Å². The van der Waals surface area contributed by atoms with Crippen molar-refractivity contribution in [2.24, 2.45) is 5.73 Å². The number of aromatic nitrogens is 2. The van der Waals surface area contributed by atoms with Crippen LogP contribution in [0.25, 0.3) is 11.4 Å². The second-order valence-corrected chi connectivity index (χ2v) is 7.91. The molecule has 1 aliphatic rings. The van der Waals surface area contributed by atoms with Crippen LogP contribution < -0.4 is 5.73 Å². The molecule has 0 bridgehead atoms. The number of amides is 1. The Bertz CT molecular complexity index is 1050. The van der Waals surface area contributed by atoms with Crippen molar-refractivity contribution in [1.29, 1.82) is 0 Å². The van der Waals surface area contributed by atoms with Crippen molar-refractivity contribution >= 4 is 29.9 Å². The molecular weight excluding hydrogens is 442 g/mol. The van der Waals surface area contributed by atoms with Crippen LogP contribution in [0.5, 0.6) is 0 Å². The number of halogens is 3. The standard InChI is InChI=1S/C22H22ClFN4O2.ClH/c23-16-7-3-6-15(11-16)21-26-22(30-27-21)19-9-4-10-28(19)20(29)13-17(25)12-14-5-1-2-8-18(14)24;/h1-3,5-8,11,17,19H,4,9-10,12-13,25H2;1H/t17-,19+;/m1./s1. The van der Waals surface area contributed by atoms with Crippen molar-refractivity contribution in [3.63, 3.8) is 0 Å². The van der Waals surface area contributed by atoms with E-state index >= 15 is 0 Å². The molecule has 2 aromatic carbocycles.